The van der Waals surface area contributed by atoms with E-state index in [0.717, 1.165) is 12.1 Å². The van der Waals surface area contributed by atoms with Gasteiger partial charge >= 0.3 is 12.1 Å². The number of hydrogen-bond donors (Lipinski definition) is 1. The van der Waals surface area contributed by atoms with E-state index in [1.165, 1.54) is 30.3 Å². The lowest BCUT2D eigenvalue weighted by atomic mass is 9.87. The lowest BCUT2D eigenvalue weighted by molar-refractivity contribution is -0.174. The van der Waals surface area contributed by atoms with E-state index in [2.05, 4.69) is 0 Å². The summed E-state index contributed by atoms with van der Waals surface area (Å²) in [4.78, 5) is 11.1. The molecule has 0 unspecified atom stereocenters. The first-order chi connectivity index (χ1) is 14.5. The van der Waals surface area contributed by atoms with Crippen LogP contribution < -0.4 is 5.32 Å². The molecule has 0 saturated heterocycles. The van der Waals surface area contributed by atoms with Gasteiger partial charge in [0.25, 0.3) is 0 Å². The third kappa shape index (κ3) is 5.81. The Bertz CT molecular complexity index is 1040. The Kier molecular flexibility index (Phi) is 6.68. The van der Waals surface area contributed by atoms with Crippen LogP contribution >= 0.6 is 0 Å². The highest BCUT2D eigenvalue weighted by atomic mass is 32.2. The predicted octanol–water partition coefficient (Wildman–Crippen LogP) is 4.64. The number of nitrogens with one attached hydrogen (secondary N) is 1. The predicted molar refractivity (Wildman–Crippen MR) is 104 cm³/mol. The summed E-state index contributed by atoms with van der Waals surface area (Å²) in [5.41, 5.74) is 0.543. The van der Waals surface area contributed by atoms with Gasteiger partial charge in [-0.05, 0) is 61.4 Å². The number of amides is 1. The van der Waals surface area contributed by atoms with Crippen molar-refractivity contribution in [1.82, 2.24) is 5.32 Å². The SMILES string of the molecule is O=C(NC1CCC(CS(=O)(=O)c2ccc(-c3ccc(F)cc3F)cc2)CC1)C(F)(F)F. The zero-order valence-electron chi connectivity index (χ0n) is 16.3. The van der Waals surface area contributed by atoms with Crippen LogP contribution in [0.2, 0.25) is 0 Å². The molecular weight excluding hydrogens is 441 g/mol. The molecule has 3 rings (SSSR count). The highest BCUT2D eigenvalue weighted by Crippen LogP contribution is 2.30. The fourth-order valence-electron chi connectivity index (χ4n) is 3.71. The van der Waals surface area contributed by atoms with Crippen LogP contribution in [0.15, 0.2) is 47.4 Å². The van der Waals surface area contributed by atoms with Crippen LogP contribution in [-0.4, -0.2) is 32.3 Å². The summed E-state index contributed by atoms with van der Waals surface area (Å²) < 4.78 is 89.4. The molecule has 1 saturated carbocycles. The Morgan fingerprint density at radius 3 is 2.13 bits per heavy atom. The van der Waals surface area contributed by atoms with Gasteiger partial charge in [0.05, 0.1) is 10.6 Å². The van der Waals surface area contributed by atoms with Gasteiger partial charge < -0.3 is 5.32 Å². The molecule has 2 aromatic rings. The summed E-state index contributed by atoms with van der Waals surface area (Å²) in [5.74, 6) is -3.87. The van der Waals surface area contributed by atoms with Crippen LogP contribution in [0.5, 0.6) is 0 Å². The zero-order valence-corrected chi connectivity index (χ0v) is 17.1. The molecule has 0 radical (unpaired) electrons. The minimum atomic E-state index is -4.94. The Hall–Kier alpha value is -2.49. The van der Waals surface area contributed by atoms with Crippen molar-refractivity contribution < 1.29 is 35.2 Å². The minimum Gasteiger partial charge on any atom is -0.346 e. The number of benzene rings is 2. The van der Waals surface area contributed by atoms with Gasteiger partial charge in [0.1, 0.15) is 11.6 Å². The van der Waals surface area contributed by atoms with E-state index in [1.54, 1.807) is 0 Å². The Morgan fingerprint density at radius 2 is 1.58 bits per heavy atom. The molecule has 168 valence electrons. The maximum atomic E-state index is 13.9. The number of sulfone groups is 1. The molecule has 1 aliphatic carbocycles. The first-order valence-electron chi connectivity index (χ1n) is 9.61. The quantitative estimate of drug-likeness (QED) is 0.660. The van der Waals surface area contributed by atoms with Crippen LogP contribution in [0.1, 0.15) is 25.7 Å². The van der Waals surface area contributed by atoms with Crippen molar-refractivity contribution in [2.45, 2.75) is 42.8 Å². The molecule has 1 N–H and O–H groups in total. The third-order valence-corrected chi connectivity index (χ3v) is 7.25. The molecular formula is C21H20F5NO3S. The van der Waals surface area contributed by atoms with E-state index in [9.17, 15) is 35.2 Å². The second kappa shape index (κ2) is 8.94. The molecule has 1 fully saturated rings. The van der Waals surface area contributed by atoms with Gasteiger partial charge in [-0.3, -0.25) is 4.79 Å². The lowest BCUT2D eigenvalue weighted by Gasteiger charge is -2.29. The van der Waals surface area contributed by atoms with Crippen LogP contribution in [0.4, 0.5) is 22.0 Å². The number of alkyl halides is 3. The highest BCUT2D eigenvalue weighted by Gasteiger charge is 2.40. The van der Waals surface area contributed by atoms with Crippen molar-refractivity contribution in [1.29, 1.82) is 0 Å². The average molecular weight is 461 g/mol. The molecule has 31 heavy (non-hydrogen) atoms. The average Bonchev–Trinajstić information content (AvgIpc) is 2.69. The minimum absolute atomic E-state index is 0.0475. The molecule has 1 aliphatic rings. The molecule has 10 heteroatoms. The molecule has 0 atom stereocenters. The maximum Gasteiger partial charge on any atom is 0.471 e. The number of carbonyl (C=O) groups excluding carboxylic acids is 1. The normalized spacial score (nSPS) is 19.8. The molecule has 0 aromatic heterocycles. The smallest absolute Gasteiger partial charge is 0.346 e. The molecule has 0 spiro atoms. The number of rotatable bonds is 5. The molecule has 0 aliphatic heterocycles. The summed E-state index contributed by atoms with van der Waals surface area (Å²) in [6, 6.07) is 8.07. The molecule has 2 aromatic carbocycles. The molecule has 1 amide bonds. The van der Waals surface area contributed by atoms with Crippen molar-refractivity contribution >= 4 is 15.7 Å². The van der Waals surface area contributed by atoms with Crippen LogP contribution in [0.25, 0.3) is 11.1 Å². The number of halogens is 5. The summed E-state index contributed by atoms with van der Waals surface area (Å²) in [6.07, 6.45) is -3.65. The standard InChI is InChI=1S/C21H20F5NO3S/c22-15-5-10-18(19(23)11-15)14-3-8-17(9-4-14)31(29,30)12-13-1-6-16(7-2-13)27-20(28)21(24,25)26/h3-5,8-11,13,16H,1-2,6-7,12H2,(H,27,28). The van der Waals surface area contributed by atoms with E-state index in [0.29, 0.717) is 18.4 Å². The monoisotopic (exact) mass is 461 g/mol. The first-order valence-corrected chi connectivity index (χ1v) is 11.3. The van der Waals surface area contributed by atoms with Crippen LogP contribution in [0, 0.1) is 17.6 Å². The Balaban J connectivity index is 1.61. The van der Waals surface area contributed by atoms with Gasteiger partial charge in [0.2, 0.25) is 0 Å². The molecule has 4 nitrogen and oxygen atoms in total. The second-order valence-corrected chi connectivity index (χ2v) is 9.65. The Labute approximate surface area is 176 Å². The maximum absolute atomic E-state index is 13.9. The number of carbonyl (C=O) groups is 1. The third-order valence-electron chi connectivity index (χ3n) is 5.35. The van der Waals surface area contributed by atoms with Crippen molar-refractivity contribution in [3.63, 3.8) is 0 Å². The van der Waals surface area contributed by atoms with Crippen LogP contribution in [0.3, 0.4) is 0 Å². The van der Waals surface area contributed by atoms with Gasteiger partial charge in [-0.1, -0.05) is 12.1 Å². The van der Waals surface area contributed by atoms with Crippen molar-refractivity contribution in [2.75, 3.05) is 5.75 Å². The van der Waals surface area contributed by atoms with E-state index < -0.39 is 39.6 Å². The summed E-state index contributed by atoms with van der Waals surface area (Å²) >= 11 is 0. The van der Waals surface area contributed by atoms with Crippen molar-refractivity contribution in [3.8, 4) is 11.1 Å². The van der Waals surface area contributed by atoms with Gasteiger partial charge in [0, 0.05) is 17.7 Å². The van der Waals surface area contributed by atoms with Gasteiger partial charge in [-0.25, -0.2) is 17.2 Å². The van der Waals surface area contributed by atoms with Gasteiger partial charge in [-0.2, -0.15) is 13.2 Å². The van der Waals surface area contributed by atoms with E-state index in [-0.39, 0.29) is 35.0 Å². The summed E-state index contributed by atoms with van der Waals surface area (Å²) in [5, 5.41) is 1.94. The van der Waals surface area contributed by atoms with Gasteiger partial charge in [0.15, 0.2) is 9.84 Å². The summed E-state index contributed by atoms with van der Waals surface area (Å²) in [7, 11) is -3.66. The van der Waals surface area contributed by atoms with Crippen molar-refractivity contribution in [2.24, 2.45) is 5.92 Å². The van der Waals surface area contributed by atoms with Crippen LogP contribution in [-0.2, 0) is 14.6 Å². The fourth-order valence-corrected chi connectivity index (χ4v) is 5.41. The first kappa shape index (κ1) is 23.2. The topological polar surface area (TPSA) is 63.2 Å². The second-order valence-electron chi connectivity index (χ2n) is 7.62. The highest BCUT2D eigenvalue weighted by molar-refractivity contribution is 7.91. The van der Waals surface area contributed by atoms with E-state index in [1.807, 2.05) is 5.32 Å². The molecule has 0 bridgehead atoms. The van der Waals surface area contributed by atoms with Gasteiger partial charge in [-0.15, -0.1) is 0 Å². The Morgan fingerprint density at radius 1 is 0.968 bits per heavy atom. The zero-order chi connectivity index (χ0) is 22.8. The van der Waals surface area contributed by atoms with E-state index in [4.69, 9.17) is 0 Å². The van der Waals surface area contributed by atoms with E-state index >= 15 is 0 Å². The lowest BCUT2D eigenvalue weighted by Crippen LogP contribution is -2.44. The van der Waals surface area contributed by atoms with Crippen molar-refractivity contribution in [3.05, 3.63) is 54.1 Å². The summed E-state index contributed by atoms with van der Waals surface area (Å²) in [6.45, 7) is 0. The largest absolute Gasteiger partial charge is 0.471 e. The fraction of sp³-hybridized carbons (Fsp3) is 0.381. The number of hydrogen-bond acceptors (Lipinski definition) is 3. The molecule has 0 heterocycles.